The number of hydrogen-bond donors (Lipinski definition) is 1. The molecule has 0 fully saturated rings. The number of aliphatic imine (C=N–C) groups is 1. The van der Waals surface area contributed by atoms with Gasteiger partial charge < -0.3 is 9.84 Å². The molecule has 0 unspecified atom stereocenters. The lowest BCUT2D eigenvalue weighted by Gasteiger charge is -1.97. The van der Waals surface area contributed by atoms with Crippen LogP contribution in [-0.4, -0.2) is 18.1 Å². The van der Waals surface area contributed by atoms with Crippen molar-refractivity contribution in [2.45, 2.75) is 6.92 Å². The van der Waals surface area contributed by atoms with E-state index in [9.17, 15) is 0 Å². The summed E-state index contributed by atoms with van der Waals surface area (Å²) < 4.78 is 4.87. The summed E-state index contributed by atoms with van der Waals surface area (Å²) in [5.74, 6) is 0.838. The van der Waals surface area contributed by atoms with Gasteiger partial charge in [0, 0.05) is 6.92 Å². The number of aromatic hydroxyl groups is 1. The van der Waals surface area contributed by atoms with Crippen LogP contribution in [-0.2, 0) is 4.74 Å². The summed E-state index contributed by atoms with van der Waals surface area (Å²) in [6, 6.07) is 6.61. The van der Waals surface area contributed by atoms with Crippen LogP contribution in [0, 0.1) is 0 Å². The van der Waals surface area contributed by atoms with E-state index in [1.807, 2.05) is 0 Å². The Labute approximate surface area is 71.3 Å². The fourth-order valence-electron chi connectivity index (χ4n) is 0.755. The highest BCUT2D eigenvalue weighted by atomic mass is 16.5. The van der Waals surface area contributed by atoms with Gasteiger partial charge >= 0.3 is 0 Å². The van der Waals surface area contributed by atoms with Crippen molar-refractivity contribution >= 4 is 11.6 Å². The van der Waals surface area contributed by atoms with Crippen molar-refractivity contribution in [2.75, 3.05) is 7.11 Å². The molecule has 1 aromatic rings. The van der Waals surface area contributed by atoms with E-state index in [1.54, 1.807) is 38.3 Å². The van der Waals surface area contributed by atoms with Crippen LogP contribution in [0.15, 0.2) is 29.3 Å². The Morgan fingerprint density at radius 1 is 1.33 bits per heavy atom. The average Bonchev–Trinajstić information content (AvgIpc) is 2.09. The van der Waals surface area contributed by atoms with Crippen LogP contribution in [0.4, 0.5) is 5.69 Å². The highest BCUT2D eigenvalue weighted by Gasteiger charge is 1.91. The lowest BCUT2D eigenvalue weighted by Crippen LogP contribution is -1.91. The summed E-state index contributed by atoms with van der Waals surface area (Å²) in [6.45, 7) is 1.77. The molecule has 0 aliphatic rings. The molecule has 0 amide bonds. The largest absolute Gasteiger partial charge is 0.508 e. The first-order valence-corrected chi connectivity index (χ1v) is 3.60. The second-order valence-corrected chi connectivity index (χ2v) is 2.35. The number of hydrogen-bond acceptors (Lipinski definition) is 3. The fraction of sp³-hybridized carbons (Fsp3) is 0.222. The molecule has 0 bridgehead atoms. The first kappa shape index (κ1) is 8.59. The van der Waals surface area contributed by atoms with Gasteiger partial charge in [0.2, 0.25) is 0 Å². The lowest BCUT2D eigenvalue weighted by molar-refractivity contribution is 0.400. The van der Waals surface area contributed by atoms with E-state index in [-0.39, 0.29) is 5.75 Å². The van der Waals surface area contributed by atoms with Crippen LogP contribution in [0.5, 0.6) is 5.75 Å². The van der Waals surface area contributed by atoms with Crippen LogP contribution < -0.4 is 0 Å². The maximum Gasteiger partial charge on any atom is 0.184 e. The van der Waals surface area contributed by atoms with Gasteiger partial charge in [0.1, 0.15) is 5.75 Å². The Balaban J connectivity index is 2.84. The summed E-state index contributed by atoms with van der Waals surface area (Å²) >= 11 is 0. The predicted molar refractivity (Wildman–Crippen MR) is 47.9 cm³/mol. The topological polar surface area (TPSA) is 41.8 Å². The second kappa shape index (κ2) is 3.76. The Kier molecular flexibility index (Phi) is 2.69. The molecule has 0 saturated heterocycles. The van der Waals surface area contributed by atoms with Crippen molar-refractivity contribution < 1.29 is 9.84 Å². The molecule has 0 aliphatic carbocycles. The molecule has 0 aromatic heterocycles. The summed E-state index contributed by atoms with van der Waals surface area (Å²) in [6.07, 6.45) is 0. The van der Waals surface area contributed by atoms with Gasteiger partial charge in [-0.2, -0.15) is 0 Å². The average molecular weight is 165 g/mol. The predicted octanol–water partition coefficient (Wildman–Crippen LogP) is 2.09. The SMILES string of the molecule is COC(C)=Nc1ccc(O)cc1. The van der Waals surface area contributed by atoms with Gasteiger partial charge in [-0.15, -0.1) is 0 Å². The molecule has 1 aromatic carbocycles. The van der Waals surface area contributed by atoms with Gasteiger partial charge in [-0.25, -0.2) is 4.99 Å². The highest BCUT2D eigenvalue weighted by molar-refractivity contribution is 5.76. The Bertz CT molecular complexity index is 277. The Morgan fingerprint density at radius 2 is 1.92 bits per heavy atom. The molecule has 3 heteroatoms. The molecular weight excluding hydrogens is 154 g/mol. The second-order valence-electron chi connectivity index (χ2n) is 2.35. The normalized spacial score (nSPS) is 11.3. The van der Waals surface area contributed by atoms with E-state index >= 15 is 0 Å². The first-order valence-electron chi connectivity index (χ1n) is 3.60. The summed E-state index contributed by atoms with van der Waals surface area (Å²) in [5.41, 5.74) is 0.771. The molecule has 1 rings (SSSR count). The minimum atomic E-state index is 0.240. The van der Waals surface area contributed by atoms with Crippen molar-refractivity contribution in [3.63, 3.8) is 0 Å². The maximum atomic E-state index is 8.97. The van der Waals surface area contributed by atoms with Gasteiger partial charge in [-0.1, -0.05) is 0 Å². The highest BCUT2D eigenvalue weighted by Crippen LogP contribution is 2.16. The van der Waals surface area contributed by atoms with Crippen molar-refractivity contribution in [3.05, 3.63) is 24.3 Å². The summed E-state index contributed by atoms with van der Waals surface area (Å²) in [4.78, 5) is 4.10. The van der Waals surface area contributed by atoms with Crippen molar-refractivity contribution in [1.29, 1.82) is 0 Å². The number of nitrogens with zero attached hydrogens (tertiary/aromatic N) is 1. The third kappa shape index (κ3) is 2.27. The Hall–Kier alpha value is -1.51. The molecular formula is C9H11NO2. The van der Waals surface area contributed by atoms with Gasteiger partial charge in [0.25, 0.3) is 0 Å². The number of phenolic OH excluding ortho intramolecular Hbond substituents is 1. The van der Waals surface area contributed by atoms with Gasteiger partial charge in [-0.3, -0.25) is 0 Å². The van der Waals surface area contributed by atoms with Crippen LogP contribution in [0.1, 0.15) is 6.92 Å². The van der Waals surface area contributed by atoms with Gasteiger partial charge in [0.05, 0.1) is 12.8 Å². The molecule has 3 nitrogen and oxygen atoms in total. The summed E-state index contributed by atoms with van der Waals surface area (Å²) in [5, 5.41) is 8.97. The maximum absolute atomic E-state index is 8.97. The molecule has 1 N–H and O–H groups in total. The zero-order valence-electron chi connectivity index (χ0n) is 7.11. The van der Waals surface area contributed by atoms with E-state index in [2.05, 4.69) is 4.99 Å². The number of phenols is 1. The van der Waals surface area contributed by atoms with E-state index in [4.69, 9.17) is 9.84 Å². The van der Waals surface area contributed by atoms with Crippen molar-refractivity contribution in [2.24, 2.45) is 4.99 Å². The molecule has 0 heterocycles. The van der Waals surface area contributed by atoms with Crippen molar-refractivity contribution in [1.82, 2.24) is 0 Å². The van der Waals surface area contributed by atoms with Gasteiger partial charge in [0.15, 0.2) is 5.90 Å². The third-order valence-electron chi connectivity index (χ3n) is 1.43. The Morgan fingerprint density at radius 3 is 2.42 bits per heavy atom. The molecule has 0 atom stereocenters. The number of ether oxygens (including phenoxy) is 1. The number of rotatable bonds is 1. The smallest absolute Gasteiger partial charge is 0.184 e. The quantitative estimate of drug-likeness (QED) is 0.511. The van der Waals surface area contributed by atoms with Crippen LogP contribution in [0.3, 0.4) is 0 Å². The van der Waals surface area contributed by atoms with Crippen molar-refractivity contribution in [3.8, 4) is 5.75 Å². The standard InChI is InChI=1S/C9H11NO2/c1-7(12-2)10-8-3-5-9(11)6-4-8/h3-6,11H,1-2H3. The van der Waals surface area contributed by atoms with Crippen LogP contribution >= 0.6 is 0 Å². The monoisotopic (exact) mass is 165 g/mol. The molecule has 0 radical (unpaired) electrons. The lowest BCUT2D eigenvalue weighted by atomic mass is 10.3. The van der Waals surface area contributed by atoms with E-state index in [0.717, 1.165) is 5.69 Å². The molecule has 0 saturated carbocycles. The van der Waals surface area contributed by atoms with Crippen LogP contribution in [0.2, 0.25) is 0 Å². The number of benzene rings is 1. The van der Waals surface area contributed by atoms with E-state index in [1.165, 1.54) is 0 Å². The molecule has 0 spiro atoms. The van der Waals surface area contributed by atoms with E-state index in [0.29, 0.717) is 5.90 Å². The van der Waals surface area contributed by atoms with Crippen LogP contribution in [0.25, 0.3) is 0 Å². The van der Waals surface area contributed by atoms with E-state index < -0.39 is 0 Å². The van der Waals surface area contributed by atoms with Gasteiger partial charge in [-0.05, 0) is 24.3 Å². The third-order valence-corrected chi connectivity index (χ3v) is 1.43. The summed E-state index contributed by atoms with van der Waals surface area (Å²) in [7, 11) is 1.57. The fourth-order valence-corrected chi connectivity index (χ4v) is 0.755. The minimum Gasteiger partial charge on any atom is -0.508 e. The zero-order valence-corrected chi connectivity index (χ0v) is 7.11. The molecule has 0 aliphatic heterocycles. The first-order chi connectivity index (χ1) is 5.72. The number of methoxy groups -OCH3 is 1. The zero-order chi connectivity index (χ0) is 8.97. The molecule has 12 heavy (non-hydrogen) atoms. The minimum absolute atomic E-state index is 0.240. The molecule has 64 valence electrons.